The van der Waals surface area contributed by atoms with Crippen molar-refractivity contribution in [3.8, 4) is 0 Å². The molecule has 1 radical (unpaired) electrons. The van der Waals surface area contributed by atoms with Crippen molar-refractivity contribution >= 4 is 12.1 Å². The van der Waals surface area contributed by atoms with Gasteiger partial charge in [0, 0.05) is 62.7 Å². The quantitative estimate of drug-likeness (QED) is 0.611. The Morgan fingerprint density at radius 3 is 0.842 bits per heavy atom. The van der Waals surface area contributed by atoms with E-state index in [0.29, 0.717) is 0 Å². The molecule has 1 N–H and O–H groups in total. The minimum Gasteiger partial charge on any atom is -0.465 e. The maximum absolute atomic E-state index is 10.7. The van der Waals surface area contributed by atoms with Crippen LogP contribution in [0.1, 0.15) is 29.7 Å². The van der Waals surface area contributed by atoms with E-state index in [9.17, 15) is 9.59 Å². The van der Waals surface area contributed by atoms with Gasteiger partial charge in [-0.15, -0.1) is 0 Å². The van der Waals surface area contributed by atoms with Crippen LogP contribution in [0.3, 0.4) is 0 Å². The Balaban J connectivity index is -0.0000000245. The number of amides is 3. The molecule has 0 saturated heterocycles. The van der Waals surface area contributed by atoms with Gasteiger partial charge in [-0.2, -0.15) is 0 Å². The van der Waals surface area contributed by atoms with E-state index in [4.69, 9.17) is 5.11 Å². The first-order valence-electron chi connectivity index (χ1n) is 3.99. The molecule has 0 aromatic heterocycles. The van der Waals surface area contributed by atoms with Gasteiger partial charge in [0.15, 0.2) is 0 Å². The van der Waals surface area contributed by atoms with Crippen LogP contribution in [0.4, 0.5) is 9.59 Å². The largest absolute Gasteiger partial charge is 0.465 e. The van der Waals surface area contributed by atoms with Crippen molar-refractivity contribution in [1.29, 1.82) is 0 Å². The molecule has 0 saturated carbocycles. The van der Waals surface area contributed by atoms with Crippen molar-refractivity contribution in [3.63, 3.8) is 0 Å². The van der Waals surface area contributed by atoms with Crippen LogP contribution in [0.15, 0.2) is 0 Å². The number of carboxylic acid groups (broad SMARTS) is 1. The van der Waals surface area contributed by atoms with E-state index in [1.807, 2.05) is 0 Å². The van der Waals surface area contributed by atoms with Crippen molar-refractivity contribution in [1.82, 2.24) is 14.7 Å². The number of carbonyl (C=O) groups excluding carboxylic acids is 1. The molecule has 3 amide bonds. The molecule has 0 aliphatic rings. The maximum atomic E-state index is 10.7. The molecule has 7 heteroatoms. The molecule has 0 atom stereocenters. The summed E-state index contributed by atoms with van der Waals surface area (Å²) in [7, 11) is 9.85. The third-order valence-electron chi connectivity index (χ3n) is 1.15. The summed E-state index contributed by atoms with van der Waals surface area (Å²) in [5.74, 6) is 0. The molecule has 0 aliphatic carbocycles. The van der Waals surface area contributed by atoms with Crippen molar-refractivity contribution in [3.05, 3.63) is 0 Å². The summed E-state index contributed by atoms with van der Waals surface area (Å²) in [4.78, 5) is 24.5. The van der Waals surface area contributed by atoms with E-state index in [1.54, 1.807) is 28.2 Å². The average Bonchev–Trinajstić information content (AvgIpc) is 2.03. The van der Waals surface area contributed by atoms with E-state index >= 15 is 0 Å². The Hall–Kier alpha value is -0.798. The zero-order valence-corrected chi connectivity index (χ0v) is 12.7. The number of rotatable bonds is 0. The molecule has 0 bridgehead atoms. The predicted octanol–water partition coefficient (Wildman–Crippen LogP) is 3.00. The minimum absolute atomic E-state index is 0. The van der Waals surface area contributed by atoms with Crippen molar-refractivity contribution in [2.45, 2.75) is 29.7 Å². The van der Waals surface area contributed by atoms with Crippen molar-refractivity contribution in [2.24, 2.45) is 0 Å². The van der Waals surface area contributed by atoms with Gasteiger partial charge in [0.25, 0.3) is 0 Å². The predicted molar refractivity (Wildman–Crippen MR) is 81.4 cm³/mol. The minimum atomic E-state index is -0.907. The summed E-state index contributed by atoms with van der Waals surface area (Å²) < 4.78 is 0. The third-order valence-corrected chi connectivity index (χ3v) is 1.15. The van der Waals surface area contributed by atoms with Crippen LogP contribution in [0, 0.1) is 0 Å². The molecule has 0 fully saturated rings. The van der Waals surface area contributed by atoms with Crippen LogP contribution >= 0.6 is 0 Å². The number of urea groups is 1. The number of hydrogen-bond donors (Lipinski definition) is 1. The number of hydrogen-bond acceptors (Lipinski definition) is 2. The standard InChI is InChI=1S/C5H12N2O.C3H7NO2.4CH4.Re/c1-6(2)5(8)7(3)4;1-4(2)3(5)6;;;;;/h1-4H3;1-2H3,(H,5,6);4*1H4;. The smallest absolute Gasteiger partial charge is 0.406 e. The van der Waals surface area contributed by atoms with Crippen LogP contribution in [0.5, 0.6) is 0 Å². The molecule has 0 heterocycles. The zero-order chi connectivity index (χ0) is 11.9. The van der Waals surface area contributed by atoms with Crippen molar-refractivity contribution in [2.75, 3.05) is 42.3 Å². The van der Waals surface area contributed by atoms with Crippen molar-refractivity contribution < 1.29 is 35.1 Å². The zero-order valence-electron chi connectivity index (χ0n) is 9.98. The van der Waals surface area contributed by atoms with Gasteiger partial charge in [-0.25, -0.2) is 9.59 Å². The third kappa shape index (κ3) is 31.7. The summed E-state index contributed by atoms with van der Waals surface area (Å²) in [5, 5.41) is 7.92. The fourth-order valence-corrected chi connectivity index (χ4v) is 0.400. The second kappa shape index (κ2) is 22.4. The van der Waals surface area contributed by atoms with Gasteiger partial charge < -0.3 is 19.8 Å². The van der Waals surface area contributed by atoms with E-state index < -0.39 is 6.09 Å². The first-order chi connectivity index (χ1) is 6.20. The van der Waals surface area contributed by atoms with Gasteiger partial charge in [0.2, 0.25) is 0 Å². The van der Waals surface area contributed by atoms with Gasteiger partial charge in [-0.3, -0.25) is 0 Å². The molecule has 0 spiro atoms. The SMILES string of the molecule is C.C.C.C.CN(C)C(=O)N(C)C.CN(C)C(=O)O.[Re]. The average molecular weight is 456 g/mol. The second-order valence-electron chi connectivity index (χ2n) is 3.25. The van der Waals surface area contributed by atoms with E-state index in [-0.39, 0.29) is 56.2 Å². The fraction of sp³-hybridized carbons (Fsp3) is 0.833. The Bertz CT molecular complexity index is 189. The molecule has 19 heavy (non-hydrogen) atoms. The van der Waals surface area contributed by atoms with E-state index in [2.05, 4.69) is 0 Å². The molecule has 6 nitrogen and oxygen atoms in total. The molecule has 0 rings (SSSR count). The Morgan fingerprint density at radius 1 is 0.684 bits per heavy atom. The van der Waals surface area contributed by atoms with E-state index in [0.717, 1.165) is 4.90 Å². The van der Waals surface area contributed by atoms with Crippen LogP contribution in [-0.2, 0) is 20.4 Å². The first kappa shape index (κ1) is 42.9. The molecule has 0 aliphatic heterocycles. The molecule has 0 aromatic carbocycles. The number of nitrogens with zero attached hydrogens (tertiary/aromatic N) is 3. The van der Waals surface area contributed by atoms with Gasteiger partial charge in [-0.1, -0.05) is 29.7 Å². The van der Waals surface area contributed by atoms with Gasteiger partial charge in [-0.05, 0) is 0 Å². The maximum Gasteiger partial charge on any atom is 0.406 e. The Morgan fingerprint density at radius 2 is 0.842 bits per heavy atom. The molecular weight excluding hydrogens is 420 g/mol. The molecular formula is C12H35N3O3Re. The van der Waals surface area contributed by atoms with Crippen LogP contribution in [0.25, 0.3) is 0 Å². The second-order valence-corrected chi connectivity index (χ2v) is 3.25. The van der Waals surface area contributed by atoms with Crippen LogP contribution in [-0.4, -0.2) is 74.2 Å². The fourth-order valence-electron chi connectivity index (χ4n) is 0.400. The van der Waals surface area contributed by atoms with Gasteiger partial charge in [0.05, 0.1) is 0 Å². The first-order valence-corrected chi connectivity index (χ1v) is 3.99. The normalized spacial score (nSPS) is 6.00. The summed E-state index contributed by atoms with van der Waals surface area (Å²) in [5.41, 5.74) is 0. The summed E-state index contributed by atoms with van der Waals surface area (Å²) in [6, 6.07) is 0.0185. The summed E-state index contributed by atoms with van der Waals surface area (Å²) in [6.07, 6.45) is -0.907. The van der Waals surface area contributed by atoms with Crippen LogP contribution < -0.4 is 0 Å². The van der Waals surface area contributed by atoms with Gasteiger partial charge >= 0.3 is 12.1 Å². The summed E-state index contributed by atoms with van der Waals surface area (Å²) >= 11 is 0. The topological polar surface area (TPSA) is 64.1 Å². The Kier molecular flexibility index (Phi) is 50.6. The van der Waals surface area contributed by atoms with Gasteiger partial charge in [0.1, 0.15) is 0 Å². The summed E-state index contributed by atoms with van der Waals surface area (Å²) in [6.45, 7) is 0. The van der Waals surface area contributed by atoms with E-state index in [1.165, 1.54) is 23.9 Å². The monoisotopic (exact) mass is 456 g/mol. The number of carbonyl (C=O) groups is 2. The Labute approximate surface area is 134 Å². The van der Waals surface area contributed by atoms with Crippen LogP contribution in [0.2, 0.25) is 0 Å². The molecule has 123 valence electrons. The molecule has 0 aromatic rings. The molecule has 0 unspecified atom stereocenters.